The maximum absolute atomic E-state index is 13.6. The van der Waals surface area contributed by atoms with E-state index in [0.717, 1.165) is 51.4 Å². The first-order chi connectivity index (χ1) is 15.9. The number of likely N-dealkylation sites (tertiary alicyclic amines) is 2. The number of carbonyl (C=O) groups excluding carboxylic acids is 2. The number of carbonyl (C=O) groups is 2. The summed E-state index contributed by atoms with van der Waals surface area (Å²) in [7, 11) is -4.03. The van der Waals surface area contributed by atoms with E-state index in [-0.39, 0.29) is 37.0 Å². The first-order valence-electron chi connectivity index (χ1n) is 12.4. The lowest BCUT2D eigenvalue weighted by atomic mass is 10.00. The maximum atomic E-state index is 13.6. The Morgan fingerprint density at radius 1 is 0.788 bits per heavy atom. The van der Waals surface area contributed by atoms with Gasteiger partial charge in [0.25, 0.3) is 0 Å². The average Bonchev–Trinajstić information content (AvgIpc) is 3.05. The largest absolute Gasteiger partial charge is 0.338 e. The minimum Gasteiger partial charge on any atom is -0.338 e. The van der Waals surface area contributed by atoms with E-state index >= 15 is 0 Å². The third-order valence-electron chi connectivity index (χ3n) is 7.37. The van der Waals surface area contributed by atoms with Gasteiger partial charge in [0.15, 0.2) is 0 Å². The van der Waals surface area contributed by atoms with Crippen LogP contribution in [0.4, 0.5) is 11.4 Å². The van der Waals surface area contributed by atoms with Crippen molar-refractivity contribution in [2.45, 2.75) is 77.3 Å². The van der Waals surface area contributed by atoms with Crippen LogP contribution in [0.3, 0.4) is 0 Å². The van der Waals surface area contributed by atoms with E-state index in [9.17, 15) is 18.0 Å². The predicted octanol–water partition coefficient (Wildman–Crippen LogP) is 3.14. The molecule has 0 spiro atoms. The molecule has 4 rings (SSSR count). The van der Waals surface area contributed by atoms with Crippen LogP contribution >= 0.6 is 0 Å². The van der Waals surface area contributed by atoms with Gasteiger partial charge in [-0.05, 0) is 63.5 Å². The highest BCUT2D eigenvalue weighted by Gasteiger charge is 2.44. The summed E-state index contributed by atoms with van der Waals surface area (Å²) in [5.41, 5.74) is 0.934. The summed E-state index contributed by atoms with van der Waals surface area (Å²) in [6, 6.07) is 7.29. The molecule has 182 valence electrons. The van der Waals surface area contributed by atoms with Crippen molar-refractivity contribution in [1.29, 1.82) is 0 Å². The molecule has 2 unspecified atom stereocenters. The van der Waals surface area contributed by atoms with Crippen LogP contribution in [0.2, 0.25) is 0 Å². The highest BCUT2D eigenvalue weighted by Crippen LogP contribution is 2.40. The summed E-state index contributed by atoms with van der Waals surface area (Å²) in [5, 5.41) is 0. The zero-order valence-corrected chi connectivity index (χ0v) is 20.6. The number of amides is 2. The van der Waals surface area contributed by atoms with Gasteiger partial charge in [0.2, 0.25) is 11.8 Å². The Hall–Kier alpha value is -2.29. The predicted molar refractivity (Wildman–Crippen MR) is 129 cm³/mol. The zero-order chi connectivity index (χ0) is 23.6. The van der Waals surface area contributed by atoms with E-state index in [1.54, 1.807) is 24.3 Å². The SMILES string of the molecule is CCC1CCCCN1C(=O)CN1c2ccccc2N(CC(=O)N2CCCCC2CC)S1(=O)=O. The molecule has 8 nitrogen and oxygen atoms in total. The Labute approximate surface area is 197 Å². The molecule has 0 bridgehead atoms. The van der Waals surface area contributed by atoms with Gasteiger partial charge in [-0.25, -0.2) is 8.61 Å². The summed E-state index contributed by atoms with van der Waals surface area (Å²) >= 11 is 0. The fraction of sp³-hybridized carbons (Fsp3) is 0.667. The van der Waals surface area contributed by atoms with E-state index < -0.39 is 10.2 Å². The zero-order valence-electron chi connectivity index (χ0n) is 19.8. The molecule has 33 heavy (non-hydrogen) atoms. The monoisotopic (exact) mass is 476 g/mol. The Morgan fingerprint density at radius 2 is 1.21 bits per heavy atom. The summed E-state index contributed by atoms with van der Waals surface area (Å²) in [4.78, 5) is 30.1. The van der Waals surface area contributed by atoms with Crippen molar-refractivity contribution in [3.8, 4) is 0 Å². The first kappa shape index (κ1) is 23.9. The van der Waals surface area contributed by atoms with Crippen LogP contribution in [0.5, 0.6) is 0 Å². The number of anilines is 2. The second kappa shape index (κ2) is 9.91. The Balaban J connectivity index is 1.57. The fourth-order valence-corrected chi connectivity index (χ4v) is 7.11. The second-order valence-corrected chi connectivity index (χ2v) is 11.1. The lowest BCUT2D eigenvalue weighted by Crippen LogP contribution is -2.52. The molecular formula is C24H36N4O4S. The van der Waals surface area contributed by atoms with E-state index in [4.69, 9.17) is 0 Å². The topological polar surface area (TPSA) is 81.2 Å². The number of hydrogen-bond acceptors (Lipinski definition) is 4. The van der Waals surface area contributed by atoms with Crippen molar-refractivity contribution in [3.05, 3.63) is 24.3 Å². The molecule has 0 N–H and O–H groups in total. The summed E-state index contributed by atoms with van der Waals surface area (Å²) in [6.07, 6.45) is 7.73. The van der Waals surface area contributed by atoms with Crippen LogP contribution in [0, 0.1) is 0 Å². The standard InChI is InChI=1S/C24H36N4O4S/c1-3-19-11-7-9-15-25(19)23(29)17-27-21-13-5-6-14-22(21)28(33(27,31)32)18-24(30)26-16-10-8-12-20(26)4-2/h5-6,13-14,19-20H,3-4,7-12,15-18H2,1-2H3. The van der Waals surface area contributed by atoms with Crippen LogP contribution in [0.15, 0.2) is 24.3 Å². The molecule has 1 aromatic rings. The molecule has 2 fully saturated rings. The van der Waals surface area contributed by atoms with Crippen LogP contribution in [0.25, 0.3) is 0 Å². The van der Waals surface area contributed by atoms with Crippen molar-refractivity contribution in [1.82, 2.24) is 9.80 Å². The van der Waals surface area contributed by atoms with Crippen molar-refractivity contribution < 1.29 is 18.0 Å². The first-order valence-corrected chi connectivity index (χ1v) is 13.8. The molecule has 3 heterocycles. The molecule has 0 aromatic heterocycles. The minimum absolute atomic E-state index is 0.162. The van der Waals surface area contributed by atoms with Gasteiger partial charge in [-0.1, -0.05) is 26.0 Å². The fourth-order valence-electron chi connectivity index (χ4n) is 5.52. The van der Waals surface area contributed by atoms with Gasteiger partial charge in [0, 0.05) is 25.2 Å². The number of hydrogen-bond donors (Lipinski definition) is 0. The molecule has 0 aliphatic carbocycles. The van der Waals surface area contributed by atoms with Crippen molar-refractivity contribution in [2.75, 3.05) is 34.8 Å². The molecule has 2 atom stereocenters. The summed E-state index contributed by atoms with van der Waals surface area (Å²) in [6.45, 7) is 5.00. The number of nitrogens with zero attached hydrogens (tertiary/aromatic N) is 4. The normalized spacial score (nSPS) is 24.7. The molecule has 2 saturated heterocycles. The third-order valence-corrected chi connectivity index (χ3v) is 9.14. The van der Waals surface area contributed by atoms with E-state index in [0.29, 0.717) is 24.5 Å². The highest BCUT2D eigenvalue weighted by atomic mass is 32.2. The second-order valence-electron chi connectivity index (χ2n) is 9.30. The lowest BCUT2D eigenvalue weighted by Gasteiger charge is -2.37. The van der Waals surface area contributed by atoms with Crippen LogP contribution in [-0.4, -0.2) is 68.3 Å². The number of fused-ring (bicyclic) bond motifs is 1. The van der Waals surface area contributed by atoms with Crippen LogP contribution < -0.4 is 8.61 Å². The average molecular weight is 477 g/mol. The number of benzene rings is 1. The van der Waals surface area contributed by atoms with Gasteiger partial charge in [0.05, 0.1) is 11.4 Å². The highest BCUT2D eigenvalue weighted by molar-refractivity contribution is 7.94. The number of piperidine rings is 2. The van der Waals surface area contributed by atoms with Crippen molar-refractivity contribution >= 4 is 33.4 Å². The molecular weight excluding hydrogens is 440 g/mol. The molecule has 0 saturated carbocycles. The van der Waals surface area contributed by atoms with Gasteiger partial charge < -0.3 is 9.80 Å². The summed E-state index contributed by atoms with van der Waals surface area (Å²) in [5.74, 6) is -0.342. The quantitative estimate of drug-likeness (QED) is 0.632. The van der Waals surface area contributed by atoms with Crippen molar-refractivity contribution in [3.63, 3.8) is 0 Å². The Kier molecular flexibility index (Phi) is 7.16. The molecule has 2 amide bonds. The number of rotatable bonds is 6. The van der Waals surface area contributed by atoms with Gasteiger partial charge in [-0.15, -0.1) is 0 Å². The van der Waals surface area contributed by atoms with E-state index in [1.165, 1.54) is 8.61 Å². The minimum atomic E-state index is -4.03. The van der Waals surface area contributed by atoms with Gasteiger partial charge >= 0.3 is 10.2 Å². The van der Waals surface area contributed by atoms with Crippen LogP contribution in [0.1, 0.15) is 65.2 Å². The van der Waals surface area contributed by atoms with Crippen LogP contribution in [-0.2, 0) is 19.8 Å². The van der Waals surface area contributed by atoms with Gasteiger partial charge in [-0.3, -0.25) is 9.59 Å². The maximum Gasteiger partial charge on any atom is 0.327 e. The molecule has 1 aromatic carbocycles. The molecule has 9 heteroatoms. The van der Waals surface area contributed by atoms with E-state index in [1.807, 2.05) is 9.80 Å². The summed E-state index contributed by atoms with van der Waals surface area (Å²) < 4.78 is 29.6. The molecule has 3 aliphatic rings. The van der Waals surface area contributed by atoms with Gasteiger partial charge in [0.1, 0.15) is 13.1 Å². The Bertz CT molecular complexity index is 911. The Morgan fingerprint density at radius 3 is 1.61 bits per heavy atom. The number of para-hydroxylation sites is 2. The van der Waals surface area contributed by atoms with E-state index in [2.05, 4.69) is 13.8 Å². The van der Waals surface area contributed by atoms with Crippen molar-refractivity contribution in [2.24, 2.45) is 0 Å². The third kappa shape index (κ3) is 4.56. The van der Waals surface area contributed by atoms with Gasteiger partial charge in [-0.2, -0.15) is 8.42 Å². The lowest BCUT2D eigenvalue weighted by molar-refractivity contribution is -0.133. The molecule has 3 aliphatic heterocycles. The smallest absolute Gasteiger partial charge is 0.327 e. The molecule has 0 radical (unpaired) electrons.